The van der Waals surface area contributed by atoms with Gasteiger partial charge in [0.2, 0.25) is 27.3 Å². The molecule has 1 unspecified atom stereocenters. The minimum absolute atomic E-state index is 0.0241. The van der Waals surface area contributed by atoms with Gasteiger partial charge in [0.1, 0.15) is 11.9 Å². The van der Waals surface area contributed by atoms with Crippen LogP contribution in [0.1, 0.15) is 51.4 Å². The Hall–Kier alpha value is -2.13. The predicted molar refractivity (Wildman–Crippen MR) is 127 cm³/mol. The Kier molecular flexibility index (Phi) is 9.44. The number of sulfonamides is 1. The van der Waals surface area contributed by atoms with Gasteiger partial charge in [-0.2, -0.15) is 13.1 Å². The number of benzene rings is 1. The van der Waals surface area contributed by atoms with E-state index >= 15 is 0 Å². The number of halogens is 1. The average Bonchev–Trinajstić information content (AvgIpc) is 3.22. The van der Waals surface area contributed by atoms with E-state index < -0.39 is 55.3 Å². The lowest BCUT2D eigenvalue weighted by Gasteiger charge is -2.29. The lowest BCUT2D eigenvalue weighted by Crippen LogP contribution is -2.55. The van der Waals surface area contributed by atoms with Crippen LogP contribution < -0.4 is 15.4 Å². The number of aliphatic hydroxyl groups is 1. The molecule has 14 heteroatoms. The van der Waals surface area contributed by atoms with Crippen molar-refractivity contribution in [2.75, 3.05) is 6.54 Å². The summed E-state index contributed by atoms with van der Waals surface area (Å²) in [7, 11) is -9.27. The molecule has 1 saturated carbocycles. The second kappa shape index (κ2) is 11.9. The molecule has 4 atom stereocenters. The Morgan fingerprint density at radius 3 is 2.25 bits per heavy atom. The first-order valence-corrected chi connectivity index (χ1v) is 14.9. The summed E-state index contributed by atoms with van der Waals surface area (Å²) in [5.74, 6) is -2.61. The molecule has 0 radical (unpaired) electrons. The van der Waals surface area contributed by atoms with Crippen molar-refractivity contribution in [1.29, 1.82) is 0 Å². The number of amides is 2. The van der Waals surface area contributed by atoms with Gasteiger partial charge in [0.05, 0.1) is 10.9 Å². The van der Waals surface area contributed by atoms with Gasteiger partial charge in [0, 0.05) is 12.5 Å². The molecular weight excluding hydrogens is 517 g/mol. The van der Waals surface area contributed by atoms with Crippen molar-refractivity contribution in [2.45, 2.75) is 73.8 Å². The third-order valence-electron chi connectivity index (χ3n) is 6.71. The first-order chi connectivity index (χ1) is 16.9. The molecule has 1 aliphatic carbocycles. The number of rotatable bonds is 11. The van der Waals surface area contributed by atoms with Gasteiger partial charge in [-0.3, -0.25) is 14.1 Å². The highest BCUT2D eigenvalue weighted by molar-refractivity contribution is 7.89. The van der Waals surface area contributed by atoms with Crippen LogP contribution in [-0.4, -0.2) is 62.4 Å². The van der Waals surface area contributed by atoms with Crippen LogP contribution in [0, 0.1) is 17.7 Å². The van der Waals surface area contributed by atoms with Crippen molar-refractivity contribution < 1.29 is 40.5 Å². The zero-order chi connectivity index (χ0) is 26.5. The highest BCUT2D eigenvalue weighted by atomic mass is 32.2. The summed E-state index contributed by atoms with van der Waals surface area (Å²) < 4.78 is 74.2. The third-order valence-corrected chi connectivity index (χ3v) is 9.14. The predicted octanol–water partition coefficient (Wildman–Crippen LogP) is 0.660. The molecular formula is C22H32FN3O8S2. The van der Waals surface area contributed by atoms with Crippen molar-refractivity contribution >= 4 is 32.0 Å². The minimum atomic E-state index is -5.01. The van der Waals surface area contributed by atoms with E-state index in [0.717, 1.165) is 56.4 Å². The van der Waals surface area contributed by atoms with E-state index in [1.807, 2.05) is 0 Å². The Morgan fingerprint density at radius 1 is 1.06 bits per heavy atom. The van der Waals surface area contributed by atoms with Crippen LogP contribution in [0.15, 0.2) is 29.2 Å². The smallest absolute Gasteiger partial charge is 0.294 e. The molecule has 2 aliphatic rings. The van der Waals surface area contributed by atoms with Crippen molar-refractivity contribution in [2.24, 2.45) is 11.8 Å². The van der Waals surface area contributed by atoms with Crippen LogP contribution in [0.5, 0.6) is 0 Å². The largest absolute Gasteiger partial charge is 0.374 e. The van der Waals surface area contributed by atoms with Gasteiger partial charge in [0.15, 0.2) is 0 Å². The summed E-state index contributed by atoms with van der Waals surface area (Å²) >= 11 is 0. The number of hydrogen-bond acceptors (Lipinski definition) is 7. The molecule has 36 heavy (non-hydrogen) atoms. The lowest BCUT2D eigenvalue weighted by molar-refractivity contribution is -0.126. The summed E-state index contributed by atoms with van der Waals surface area (Å²) in [4.78, 5) is 25.0. The summed E-state index contributed by atoms with van der Waals surface area (Å²) in [5.41, 5.74) is -2.42. The quantitative estimate of drug-likeness (QED) is 0.250. The molecule has 11 nitrogen and oxygen atoms in total. The van der Waals surface area contributed by atoms with E-state index in [1.54, 1.807) is 0 Å². The Bertz CT molecular complexity index is 1140. The maximum atomic E-state index is 13.3. The van der Waals surface area contributed by atoms with Crippen molar-refractivity contribution in [3.63, 3.8) is 0 Å². The second-order valence-corrected chi connectivity index (χ2v) is 12.6. The van der Waals surface area contributed by atoms with E-state index in [4.69, 9.17) is 0 Å². The average molecular weight is 550 g/mol. The molecule has 3 rings (SSSR count). The number of hydrogen-bond donors (Lipinski definition) is 5. The van der Waals surface area contributed by atoms with Crippen molar-refractivity contribution in [1.82, 2.24) is 15.4 Å². The van der Waals surface area contributed by atoms with Gasteiger partial charge >= 0.3 is 0 Å². The summed E-state index contributed by atoms with van der Waals surface area (Å²) in [5, 5.41) is 15.1. The van der Waals surface area contributed by atoms with Gasteiger partial charge in [0.25, 0.3) is 10.1 Å². The van der Waals surface area contributed by atoms with E-state index in [1.165, 1.54) is 0 Å². The van der Waals surface area contributed by atoms with E-state index in [2.05, 4.69) is 15.4 Å². The summed E-state index contributed by atoms with van der Waals surface area (Å²) in [6.07, 6.45) is 4.61. The number of carbonyl (C=O) groups excluding carboxylic acids is 2. The summed E-state index contributed by atoms with van der Waals surface area (Å²) in [6.45, 7) is 0.341. The maximum Gasteiger partial charge on any atom is 0.294 e. The fourth-order valence-corrected chi connectivity index (χ4v) is 6.55. The van der Waals surface area contributed by atoms with E-state index in [9.17, 15) is 40.5 Å². The maximum absolute atomic E-state index is 13.3. The monoisotopic (exact) mass is 549 g/mol. The van der Waals surface area contributed by atoms with Crippen LogP contribution in [0.25, 0.3) is 0 Å². The zero-order valence-corrected chi connectivity index (χ0v) is 21.2. The van der Waals surface area contributed by atoms with Crippen LogP contribution >= 0.6 is 0 Å². The number of aliphatic hydroxyl groups excluding tert-OH is 1. The number of carbonyl (C=O) groups is 2. The van der Waals surface area contributed by atoms with Crippen molar-refractivity contribution in [3.05, 3.63) is 30.1 Å². The van der Waals surface area contributed by atoms with E-state index in [0.29, 0.717) is 13.0 Å². The first-order valence-electron chi connectivity index (χ1n) is 11.9. The van der Waals surface area contributed by atoms with E-state index in [-0.39, 0.29) is 29.6 Å². The summed E-state index contributed by atoms with van der Waals surface area (Å²) in [6, 6.07) is 1.14. The SMILES string of the molecule is O=C1NCC[C@H]1C[C@H](NC(=O)[C@H](CC1CCCCC1)NS(=O)(=O)c1ccc(F)cc1)C(O)S(=O)(=O)O. The molecule has 5 N–H and O–H groups in total. The molecule has 1 aromatic carbocycles. The molecule has 1 aromatic rings. The lowest BCUT2D eigenvalue weighted by atomic mass is 9.85. The molecule has 2 fully saturated rings. The molecule has 0 aromatic heterocycles. The highest BCUT2D eigenvalue weighted by Crippen LogP contribution is 2.28. The van der Waals surface area contributed by atoms with Crippen LogP contribution in [0.4, 0.5) is 4.39 Å². The Labute approximate surface area is 210 Å². The first kappa shape index (κ1) is 28.4. The van der Waals surface area contributed by atoms with Crippen LogP contribution in [0.2, 0.25) is 0 Å². The molecule has 202 valence electrons. The fourth-order valence-electron chi connectivity index (χ4n) is 4.75. The van der Waals surface area contributed by atoms with Crippen LogP contribution in [-0.2, 0) is 29.7 Å². The topological polar surface area (TPSA) is 179 Å². The fraction of sp³-hybridized carbons (Fsp3) is 0.636. The molecule has 1 saturated heterocycles. The third kappa shape index (κ3) is 7.68. The van der Waals surface area contributed by atoms with Crippen LogP contribution in [0.3, 0.4) is 0 Å². The second-order valence-electron chi connectivity index (χ2n) is 9.40. The minimum Gasteiger partial charge on any atom is -0.374 e. The highest BCUT2D eigenvalue weighted by Gasteiger charge is 2.38. The van der Waals surface area contributed by atoms with Gasteiger partial charge in [-0.1, -0.05) is 32.1 Å². The van der Waals surface area contributed by atoms with Gasteiger partial charge in [-0.05, 0) is 49.4 Å². The zero-order valence-electron chi connectivity index (χ0n) is 19.6. The molecule has 1 heterocycles. The van der Waals surface area contributed by atoms with Gasteiger partial charge in [-0.25, -0.2) is 12.8 Å². The standard InChI is InChI=1S/C22H32FN3O8S2/c23-16-6-8-17(9-7-16)35(30,31)26-18(12-14-4-2-1-3-5-14)21(28)25-19(22(29)36(32,33)34)13-15-10-11-24-20(15)27/h6-9,14-15,18-19,22,26,29H,1-5,10-13H2,(H,24,27)(H,25,28)(H,32,33,34)/t15-,18-,19-,22?/m0/s1. The van der Waals surface area contributed by atoms with Crippen molar-refractivity contribution in [3.8, 4) is 0 Å². The van der Waals surface area contributed by atoms with Gasteiger partial charge in [-0.15, -0.1) is 0 Å². The van der Waals surface area contributed by atoms with Gasteiger partial charge < -0.3 is 15.7 Å². The number of nitrogens with one attached hydrogen (secondary N) is 3. The molecule has 1 aliphatic heterocycles. The Morgan fingerprint density at radius 2 is 1.69 bits per heavy atom. The Balaban J connectivity index is 1.84. The molecule has 0 bridgehead atoms. The molecule has 0 spiro atoms. The normalized spacial score (nSPS) is 22.0. The molecule has 2 amide bonds.